The van der Waals surface area contributed by atoms with Gasteiger partial charge >= 0.3 is 6.18 Å². The van der Waals surface area contributed by atoms with Gasteiger partial charge < -0.3 is 15.5 Å². The first-order valence-corrected chi connectivity index (χ1v) is 9.96. The molecule has 5 nitrogen and oxygen atoms in total. The molecule has 0 aliphatic heterocycles. The van der Waals surface area contributed by atoms with Gasteiger partial charge in [-0.2, -0.15) is 13.2 Å². The quantitative estimate of drug-likeness (QED) is 0.471. The lowest BCUT2D eigenvalue weighted by Crippen LogP contribution is -2.55. The minimum absolute atomic E-state index is 0.00766. The van der Waals surface area contributed by atoms with E-state index in [0.717, 1.165) is 24.3 Å². The van der Waals surface area contributed by atoms with Crippen LogP contribution in [0.25, 0.3) is 10.9 Å². The van der Waals surface area contributed by atoms with Gasteiger partial charge in [-0.05, 0) is 43.4 Å². The van der Waals surface area contributed by atoms with Gasteiger partial charge in [-0.1, -0.05) is 13.0 Å². The zero-order valence-corrected chi connectivity index (χ0v) is 17.1. The Kier molecular flexibility index (Phi) is 5.23. The second kappa shape index (κ2) is 7.54. The van der Waals surface area contributed by atoms with Crippen molar-refractivity contribution in [3.8, 4) is 5.75 Å². The van der Waals surface area contributed by atoms with Crippen molar-refractivity contribution < 1.29 is 32.2 Å². The first kappa shape index (κ1) is 22.2. The third kappa shape index (κ3) is 3.42. The summed E-state index contributed by atoms with van der Waals surface area (Å²) in [5.74, 6) is -3.08. The van der Waals surface area contributed by atoms with E-state index in [9.17, 15) is 32.2 Å². The Morgan fingerprint density at radius 3 is 2.59 bits per heavy atom. The molecule has 1 aliphatic rings. The molecule has 0 radical (unpaired) electrons. The van der Waals surface area contributed by atoms with Gasteiger partial charge in [0.1, 0.15) is 11.6 Å². The number of aryl methyl sites for hydroxylation is 1. The van der Waals surface area contributed by atoms with E-state index in [0.29, 0.717) is 5.82 Å². The topological polar surface area (TPSA) is 78.3 Å². The van der Waals surface area contributed by atoms with Crippen LogP contribution >= 0.6 is 0 Å². The summed E-state index contributed by atoms with van der Waals surface area (Å²) in [4.78, 5) is 8.13. The van der Waals surface area contributed by atoms with Gasteiger partial charge in [-0.25, -0.2) is 18.7 Å². The molecule has 170 valence electrons. The molecule has 0 saturated carbocycles. The van der Waals surface area contributed by atoms with Crippen molar-refractivity contribution in [2.45, 2.75) is 50.4 Å². The number of aromatic nitrogens is 2. The van der Waals surface area contributed by atoms with E-state index in [2.05, 4.69) is 15.3 Å². The third-order valence-corrected chi connectivity index (χ3v) is 6.03. The Morgan fingerprint density at radius 2 is 1.94 bits per heavy atom. The lowest BCUT2D eigenvalue weighted by molar-refractivity contribution is -0.272. The minimum Gasteiger partial charge on any atom is -0.505 e. The summed E-state index contributed by atoms with van der Waals surface area (Å²) < 4.78 is 70.9. The number of anilines is 1. The molecular weight excluding hydrogens is 433 g/mol. The number of nitrogens with zero attached hydrogens (tertiary/aromatic N) is 2. The predicted octanol–water partition coefficient (Wildman–Crippen LogP) is 5.27. The molecule has 4 rings (SSSR count). The molecule has 0 amide bonds. The molecule has 0 fully saturated rings. The van der Waals surface area contributed by atoms with Gasteiger partial charge in [0.2, 0.25) is 0 Å². The standard InChI is InChI=1S/C22H20F5N3O2/c1-3-11-8-21(32,22(25,26)27)20(13-4-5-15(24)19(31)18(11)13)30-17-7-12(23)6-16-14(17)9-28-10(2)29-16/h4-7,9,11,20,30-32H,3,8H2,1-2H3/t11-,20?,21+/m0/s1. The number of alkyl halides is 3. The number of aliphatic hydroxyl groups is 1. The number of phenolic OH excluding ortho intramolecular Hbond substituents is 1. The number of hydrogen-bond acceptors (Lipinski definition) is 5. The Morgan fingerprint density at radius 1 is 1.22 bits per heavy atom. The fourth-order valence-corrected chi connectivity index (χ4v) is 4.42. The lowest BCUT2D eigenvalue weighted by atomic mass is 9.69. The second-order valence-corrected chi connectivity index (χ2v) is 8.01. The largest absolute Gasteiger partial charge is 0.505 e. The molecule has 3 aromatic rings. The van der Waals surface area contributed by atoms with Crippen LogP contribution in [-0.2, 0) is 0 Å². The molecule has 32 heavy (non-hydrogen) atoms. The fraction of sp³-hybridized carbons (Fsp3) is 0.364. The number of aromatic hydroxyl groups is 1. The van der Waals surface area contributed by atoms with Crippen LogP contribution in [0, 0.1) is 18.6 Å². The van der Waals surface area contributed by atoms with Crippen molar-refractivity contribution in [3.05, 3.63) is 59.0 Å². The van der Waals surface area contributed by atoms with E-state index >= 15 is 0 Å². The highest BCUT2D eigenvalue weighted by Crippen LogP contribution is 2.55. The average molecular weight is 453 g/mol. The highest BCUT2D eigenvalue weighted by molar-refractivity contribution is 5.91. The maximum absolute atomic E-state index is 14.3. The number of fused-ring (bicyclic) bond motifs is 2. The van der Waals surface area contributed by atoms with Gasteiger partial charge in [0.15, 0.2) is 17.2 Å². The Labute approximate surface area is 179 Å². The molecule has 2 aromatic carbocycles. The van der Waals surface area contributed by atoms with Crippen LogP contribution in [0.2, 0.25) is 0 Å². The summed E-state index contributed by atoms with van der Waals surface area (Å²) in [7, 11) is 0. The van der Waals surface area contributed by atoms with Crippen molar-refractivity contribution in [2.24, 2.45) is 0 Å². The number of rotatable bonds is 3. The molecule has 0 saturated heterocycles. The summed E-state index contributed by atoms with van der Waals surface area (Å²) in [5, 5.41) is 24.1. The average Bonchev–Trinajstić information content (AvgIpc) is 2.70. The van der Waals surface area contributed by atoms with Crippen LogP contribution in [0.1, 0.15) is 48.7 Å². The Bertz CT molecular complexity index is 1200. The number of benzene rings is 2. The minimum atomic E-state index is -5.07. The van der Waals surface area contributed by atoms with Crippen LogP contribution in [0.3, 0.4) is 0 Å². The first-order chi connectivity index (χ1) is 15.0. The highest BCUT2D eigenvalue weighted by atomic mass is 19.4. The number of phenols is 1. The maximum atomic E-state index is 14.3. The van der Waals surface area contributed by atoms with Gasteiger partial charge in [-0.15, -0.1) is 0 Å². The zero-order chi connectivity index (χ0) is 23.4. The van der Waals surface area contributed by atoms with Crippen molar-refractivity contribution >= 4 is 16.6 Å². The summed E-state index contributed by atoms with van der Waals surface area (Å²) in [6.45, 7) is 3.17. The summed E-state index contributed by atoms with van der Waals surface area (Å²) >= 11 is 0. The molecule has 0 spiro atoms. The van der Waals surface area contributed by atoms with Crippen LogP contribution in [-0.4, -0.2) is 32.0 Å². The third-order valence-electron chi connectivity index (χ3n) is 6.03. The zero-order valence-electron chi connectivity index (χ0n) is 17.1. The van der Waals surface area contributed by atoms with E-state index in [-0.39, 0.29) is 34.1 Å². The molecule has 0 bridgehead atoms. The monoisotopic (exact) mass is 453 g/mol. The first-order valence-electron chi connectivity index (χ1n) is 9.96. The van der Waals surface area contributed by atoms with E-state index in [1.54, 1.807) is 13.8 Å². The maximum Gasteiger partial charge on any atom is 0.419 e. The van der Waals surface area contributed by atoms with E-state index in [1.807, 2.05) is 0 Å². The predicted molar refractivity (Wildman–Crippen MR) is 107 cm³/mol. The summed E-state index contributed by atoms with van der Waals surface area (Å²) in [5.41, 5.74) is -3.30. The molecular formula is C22H20F5N3O2. The van der Waals surface area contributed by atoms with E-state index in [4.69, 9.17) is 0 Å². The van der Waals surface area contributed by atoms with Crippen LogP contribution in [0.5, 0.6) is 5.75 Å². The number of halogens is 5. The van der Waals surface area contributed by atoms with Gasteiger partial charge in [0.05, 0.1) is 11.6 Å². The molecule has 10 heteroatoms. The SMILES string of the molecule is CC[C@H]1C[C@](O)(C(F)(F)F)C(Nc2cc(F)cc3nc(C)ncc23)c2ccc(F)c(O)c21. The number of nitrogens with one attached hydrogen (secondary N) is 1. The molecule has 3 N–H and O–H groups in total. The molecule has 1 unspecified atom stereocenters. The van der Waals surface area contributed by atoms with Gasteiger partial charge in [0.25, 0.3) is 0 Å². The fourth-order valence-electron chi connectivity index (χ4n) is 4.42. The molecule has 1 heterocycles. The second-order valence-electron chi connectivity index (χ2n) is 8.01. The van der Waals surface area contributed by atoms with E-state index < -0.39 is 47.5 Å². The number of hydrogen-bond donors (Lipinski definition) is 3. The van der Waals surface area contributed by atoms with Gasteiger partial charge in [0, 0.05) is 28.9 Å². The lowest BCUT2D eigenvalue weighted by Gasteiger charge is -2.45. The summed E-state index contributed by atoms with van der Waals surface area (Å²) in [6.07, 6.45) is -4.41. The van der Waals surface area contributed by atoms with Crippen LogP contribution in [0.4, 0.5) is 27.6 Å². The van der Waals surface area contributed by atoms with E-state index in [1.165, 1.54) is 6.20 Å². The van der Waals surface area contributed by atoms with Crippen molar-refractivity contribution in [1.29, 1.82) is 0 Å². The molecule has 3 atom stereocenters. The van der Waals surface area contributed by atoms with Gasteiger partial charge in [-0.3, -0.25) is 0 Å². The molecule has 1 aliphatic carbocycles. The highest BCUT2D eigenvalue weighted by Gasteiger charge is 2.62. The Balaban J connectivity index is 1.95. The van der Waals surface area contributed by atoms with Crippen molar-refractivity contribution in [3.63, 3.8) is 0 Å². The van der Waals surface area contributed by atoms with Crippen molar-refractivity contribution in [1.82, 2.24) is 9.97 Å². The normalized spacial score (nSPS) is 23.2. The van der Waals surface area contributed by atoms with Crippen LogP contribution < -0.4 is 5.32 Å². The smallest absolute Gasteiger partial charge is 0.419 e. The summed E-state index contributed by atoms with van der Waals surface area (Å²) in [6, 6.07) is 2.19. The Hall–Kier alpha value is -3.01. The van der Waals surface area contributed by atoms with Crippen molar-refractivity contribution in [2.75, 3.05) is 5.32 Å². The molecule has 1 aromatic heterocycles. The van der Waals surface area contributed by atoms with Crippen LogP contribution in [0.15, 0.2) is 30.5 Å².